The molecule has 0 aromatic heterocycles. The van der Waals surface area contributed by atoms with Gasteiger partial charge >= 0.3 is 6.03 Å². The maximum atomic E-state index is 13.2. The Morgan fingerprint density at radius 1 is 1.40 bits per heavy atom. The lowest BCUT2D eigenvalue weighted by Crippen LogP contribution is -2.53. The van der Waals surface area contributed by atoms with Crippen LogP contribution in [-0.2, 0) is 0 Å². The van der Waals surface area contributed by atoms with Gasteiger partial charge in [-0.2, -0.15) is 0 Å². The van der Waals surface area contributed by atoms with Crippen LogP contribution in [0.25, 0.3) is 0 Å². The summed E-state index contributed by atoms with van der Waals surface area (Å²) in [5.74, 6) is -0.598. The third-order valence-corrected chi connectivity index (χ3v) is 4.06. The highest BCUT2D eigenvalue weighted by Gasteiger charge is 2.37. The number of piperazine rings is 1. The van der Waals surface area contributed by atoms with E-state index in [0.717, 1.165) is 0 Å². The SMILES string of the molecule is O=C(c1ccc(F)c(S)c1)N1CCN2C(=O)NCC2C1. The van der Waals surface area contributed by atoms with Gasteiger partial charge in [-0.1, -0.05) is 0 Å². The van der Waals surface area contributed by atoms with Gasteiger partial charge in [0.2, 0.25) is 0 Å². The molecule has 1 unspecified atom stereocenters. The molecule has 0 radical (unpaired) electrons. The first kappa shape index (κ1) is 13.2. The molecule has 0 bridgehead atoms. The van der Waals surface area contributed by atoms with E-state index in [1.54, 1.807) is 9.80 Å². The molecule has 0 saturated carbocycles. The first-order valence-electron chi connectivity index (χ1n) is 6.38. The summed E-state index contributed by atoms with van der Waals surface area (Å²) < 4.78 is 13.2. The topological polar surface area (TPSA) is 52.7 Å². The van der Waals surface area contributed by atoms with Crippen molar-refractivity contribution >= 4 is 24.6 Å². The molecular formula is C13H14FN3O2S. The molecule has 2 heterocycles. The molecule has 3 rings (SSSR count). The van der Waals surface area contributed by atoms with Crippen LogP contribution in [0.5, 0.6) is 0 Å². The Morgan fingerprint density at radius 2 is 2.20 bits per heavy atom. The molecule has 1 N–H and O–H groups in total. The second-order valence-electron chi connectivity index (χ2n) is 4.95. The first-order valence-corrected chi connectivity index (χ1v) is 6.83. The van der Waals surface area contributed by atoms with Gasteiger partial charge in [0, 0.05) is 36.6 Å². The monoisotopic (exact) mass is 295 g/mol. The molecule has 106 valence electrons. The number of carbonyl (C=O) groups excluding carboxylic acids is 2. The summed E-state index contributed by atoms with van der Waals surface area (Å²) in [6.45, 7) is 2.07. The van der Waals surface area contributed by atoms with E-state index in [9.17, 15) is 14.0 Å². The Kier molecular flexibility index (Phi) is 3.29. The van der Waals surface area contributed by atoms with Gasteiger partial charge in [-0.3, -0.25) is 4.79 Å². The van der Waals surface area contributed by atoms with Gasteiger partial charge in [0.15, 0.2) is 0 Å². The summed E-state index contributed by atoms with van der Waals surface area (Å²) in [5.41, 5.74) is 0.419. The lowest BCUT2D eigenvalue weighted by molar-refractivity contribution is 0.0616. The number of nitrogens with zero attached hydrogens (tertiary/aromatic N) is 2. The van der Waals surface area contributed by atoms with E-state index in [0.29, 0.717) is 31.7 Å². The number of hydrogen-bond donors (Lipinski definition) is 2. The van der Waals surface area contributed by atoms with Gasteiger partial charge in [-0.25, -0.2) is 9.18 Å². The van der Waals surface area contributed by atoms with Gasteiger partial charge in [0.1, 0.15) is 5.82 Å². The van der Waals surface area contributed by atoms with E-state index >= 15 is 0 Å². The number of rotatable bonds is 1. The molecule has 5 nitrogen and oxygen atoms in total. The molecule has 2 aliphatic rings. The number of thiol groups is 1. The number of hydrogen-bond acceptors (Lipinski definition) is 3. The normalized spacial score (nSPS) is 21.7. The minimum atomic E-state index is -0.444. The van der Waals surface area contributed by atoms with Crippen molar-refractivity contribution in [1.82, 2.24) is 15.1 Å². The van der Waals surface area contributed by atoms with E-state index in [-0.39, 0.29) is 22.9 Å². The zero-order valence-corrected chi connectivity index (χ0v) is 11.6. The van der Waals surface area contributed by atoms with E-state index in [1.165, 1.54) is 18.2 Å². The third-order valence-electron chi connectivity index (χ3n) is 3.71. The largest absolute Gasteiger partial charge is 0.336 e. The number of fused-ring (bicyclic) bond motifs is 1. The second kappa shape index (κ2) is 4.97. The maximum absolute atomic E-state index is 13.2. The van der Waals surface area contributed by atoms with Crippen LogP contribution in [0, 0.1) is 5.82 Å². The summed E-state index contributed by atoms with van der Waals surface area (Å²) in [6.07, 6.45) is 0. The molecule has 3 amide bonds. The van der Waals surface area contributed by atoms with Crippen LogP contribution in [0.4, 0.5) is 9.18 Å². The smallest absolute Gasteiger partial charge is 0.317 e. The van der Waals surface area contributed by atoms with Crippen molar-refractivity contribution in [3.8, 4) is 0 Å². The predicted molar refractivity (Wildman–Crippen MR) is 73.4 cm³/mol. The molecule has 2 fully saturated rings. The minimum absolute atomic E-state index is 0.0242. The predicted octanol–water partition coefficient (Wildman–Crippen LogP) is 0.964. The molecule has 0 aliphatic carbocycles. The lowest BCUT2D eigenvalue weighted by atomic mass is 10.1. The highest BCUT2D eigenvalue weighted by molar-refractivity contribution is 7.80. The molecule has 1 aromatic rings. The van der Waals surface area contributed by atoms with Crippen molar-refractivity contribution in [1.29, 1.82) is 0 Å². The fraction of sp³-hybridized carbons (Fsp3) is 0.385. The molecule has 1 atom stereocenters. The Hall–Kier alpha value is -1.76. The van der Waals surface area contributed by atoms with Crippen LogP contribution in [0.1, 0.15) is 10.4 Å². The summed E-state index contributed by atoms with van der Waals surface area (Å²) in [5, 5.41) is 2.76. The van der Waals surface area contributed by atoms with Gasteiger partial charge in [0.05, 0.1) is 6.04 Å². The van der Waals surface area contributed by atoms with Crippen LogP contribution in [0.2, 0.25) is 0 Å². The van der Waals surface area contributed by atoms with Crippen molar-refractivity contribution in [2.75, 3.05) is 26.2 Å². The maximum Gasteiger partial charge on any atom is 0.317 e. The second-order valence-corrected chi connectivity index (χ2v) is 5.43. The lowest BCUT2D eigenvalue weighted by Gasteiger charge is -2.36. The molecule has 2 aliphatic heterocycles. The van der Waals surface area contributed by atoms with E-state index in [4.69, 9.17) is 0 Å². The van der Waals surface area contributed by atoms with E-state index in [2.05, 4.69) is 17.9 Å². The van der Waals surface area contributed by atoms with Crippen LogP contribution in [0.3, 0.4) is 0 Å². The molecule has 1 aromatic carbocycles. The Morgan fingerprint density at radius 3 is 2.95 bits per heavy atom. The summed E-state index contributed by atoms with van der Waals surface area (Å²) in [4.78, 5) is 27.5. The zero-order chi connectivity index (χ0) is 14.3. The number of amides is 3. The van der Waals surface area contributed by atoms with Crippen LogP contribution in [0.15, 0.2) is 23.1 Å². The fourth-order valence-electron chi connectivity index (χ4n) is 2.62. The van der Waals surface area contributed by atoms with Crippen LogP contribution < -0.4 is 5.32 Å². The molecular weight excluding hydrogens is 281 g/mol. The van der Waals surface area contributed by atoms with Crippen molar-refractivity contribution < 1.29 is 14.0 Å². The summed E-state index contributed by atoms with van der Waals surface area (Å²) >= 11 is 3.99. The average Bonchev–Trinajstić information content (AvgIpc) is 2.82. The van der Waals surface area contributed by atoms with Crippen molar-refractivity contribution in [2.24, 2.45) is 0 Å². The van der Waals surface area contributed by atoms with Gasteiger partial charge in [0.25, 0.3) is 5.91 Å². The zero-order valence-electron chi connectivity index (χ0n) is 10.7. The summed E-state index contributed by atoms with van der Waals surface area (Å²) in [6, 6.07) is 4.09. The number of benzene rings is 1. The van der Waals surface area contributed by atoms with Gasteiger partial charge in [-0.05, 0) is 18.2 Å². The minimum Gasteiger partial charge on any atom is -0.336 e. The standard InChI is InChI=1S/C13H14FN3O2S/c14-10-2-1-8(5-11(10)20)12(18)16-3-4-17-9(7-16)6-15-13(17)19/h1-2,5,9,20H,3-4,6-7H2,(H,15,19). The van der Waals surface area contributed by atoms with E-state index in [1.807, 2.05) is 0 Å². The van der Waals surface area contributed by atoms with E-state index < -0.39 is 5.82 Å². The molecule has 2 saturated heterocycles. The number of halogens is 1. The van der Waals surface area contributed by atoms with Gasteiger partial charge < -0.3 is 15.1 Å². The Labute approximate surface area is 121 Å². The van der Waals surface area contributed by atoms with Crippen molar-refractivity contribution in [3.63, 3.8) is 0 Å². The number of nitrogens with one attached hydrogen (secondary N) is 1. The Balaban J connectivity index is 1.75. The highest BCUT2D eigenvalue weighted by atomic mass is 32.1. The van der Waals surface area contributed by atoms with Crippen molar-refractivity contribution in [2.45, 2.75) is 10.9 Å². The fourth-order valence-corrected chi connectivity index (χ4v) is 2.83. The van der Waals surface area contributed by atoms with Crippen LogP contribution in [-0.4, -0.2) is 54.0 Å². The number of urea groups is 1. The quantitative estimate of drug-likeness (QED) is 0.758. The number of carbonyl (C=O) groups is 2. The summed E-state index contributed by atoms with van der Waals surface area (Å²) in [7, 11) is 0. The van der Waals surface area contributed by atoms with Crippen molar-refractivity contribution in [3.05, 3.63) is 29.6 Å². The Bertz CT molecular complexity index is 581. The average molecular weight is 295 g/mol. The third kappa shape index (κ3) is 2.22. The highest BCUT2D eigenvalue weighted by Crippen LogP contribution is 2.19. The molecule has 7 heteroatoms. The van der Waals surface area contributed by atoms with Crippen LogP contribution >= 0.6 is 12.6 Å². The molecule has 20 heavy (non-hydrogen) atoms. The molecule has 0 spiro atoms. The first-order chi connectivity index (χ1) is 9.56. The van der Waals surface area contributed by atoms with Gasteiger partial charge in [-0.15, -0.1) is 12.6 Å².